The van der Waals surface area contributed by atoms with Crippen molar-refractivity contribution in [1.29, 1.82) is 0 Å². The molecular weight excluding hydrogens is 402 g/mol. The van der Waals surface area contributed by atoms with Crippen LogP contribution in [0.1, 0.15) is 22.7 Å². The fraction of sp³-hybridized carbons (Fsp3) is 0.238. The molecule has 4 heterocycles. The lowest BCUT2D eigenvalue weighted by atomic mass is 10.2. The number of ether oxygens (including phenoxy) is 1. The van der Waals surface area contributed by atoms with Crippen molar-refractivity contribution in [1.82, 2.24) is 20.3 Å². The van der Waals surface area contributed by atoms with Gasteiger partial charge in [-0.1, -0.05) is 0 Å². The van der Waals surface area contributed by atoms with E-state index in [9.17, 15) is 4.79 Å². The summed E-state index contributed by atoms with van der Waals surface area (Å²) in [7, 11) is 1.57. The number of thiophene rings is 1. The number of amides is 1. The van der Waals surface area contributed by atoms with E-state index in [1.54, 1.807) is 43.0 Å². The van der Waals surface area contributed by atoms with Gasteiger partial charge < -0.3 is 19.8 Å². The number of pyridine rings is 1. The molecule has 4 aromatic heterocycles. The van der Waals surface area contributed by atoms with Crippen LogP contribution in [0.5, 0.6) is 5.75 Å². The summed E-state index contributed by atoms with van der Waals surface area (Å²) in [5.74, 6) is 2.86. The molecule has 1 amide bonds. The van der Waals surface area contributed by atoms with Gasteiger partial charge in [-0.05, 0) is 37.6 Å². The van der Waals surface area contributed by atoms with Gasteiger partial charge in [0.15, 0.2) is 0 Å². The minimum absolute atomic E-state index is 0.223. The smallest absolute Gasteiger partial charge is 0.269 e. The van der Waals surface area contributed by atoms with E-state index < -0.39 is 0 Å². The van der Waals surface area contributed by atoms with E-state index in [1.165, 1.54) is 0 Å². The van der Waals surface area contributed by atoms with Gasteiger partial charge >= 0.3 is 0 Å². The van der Waals surface area contributed by atoms with Crippen molar-refractivity contribution >= 4 is 33.3 Å². The second-order valence-corrected chi connectivity index (χ2v) is 7.41. The standard InChI is InChI=1S/C21H21N5O3S/c1-13-4-7-17(29-13)15-11-30-21-18(15)19(25-12-26-21)23-8-3-9-28-14-5-6-16(24-10-14)20(27)22-2/h4-7,10-12H,3,8-9H2,1-2H3,(H,22,27)(H,23,25,26). The number of aromatic nitrogens is 3. The van der Waals surface area contributed by atoms with E-state index in [4.69, 9.17) is 9.15 Å². The molecular formula is C21H21N5O3S. The molecule has 0 radical (unpaired) electrons. The third-order valence-electron chi connectivity index (χ3n) is 4.45. The summed E-state index contributed by atoms with van der Waals surface area (Å²) in [6.45, 7) is 3.12. The van der Waals surface area contributed by atoms with E-state index in [-0.39, 0.29) is 5.91 Å². The predicted molar refractivity (Wildman–Crippen MR) is 116 cm³/mol. The number of aryl methyl sites for hydroxylation is 1. The lowest BCUT2D eigenvalue weighted by Gasteiger charge is -2.09. The number of carbonyl (C=O) groups excluding carboxylic acids is 1. The van der Waals surface area contributed by atoms with Crippen molar-refractivity contribution in [2.24, 2.45) is 0 Å². The van der Waals surface area contributed by atoms with Crippen LogP contribution in [-0.2, 0) is 0 Å². The Morgan fingerprint density at radius 2 is 2.10 bits per heavy atom. The van der Waals surface area contributed by atoms with Gasteiger partial charge in [-0.3, -0.25) is 4.79 Å². The average Bonchev–Trinajstić information content (AvgIpc) is 3.40. The molecule has 0 atom stereocenters. The number of anilines is 1. The Hall–Kier alpha value is -3.46. The lowest BCUT2D eigenvalue weighted by Crippen LogP contribution is -2.19. The Bertz CT molecular complexity index is 1150. The van der Waals surface area contributed by atoms with Gasteiger partial charge in [0.05, 0.1) is 18.2 Å². The first kappa shape index (κ1) is 19.8. The fourth-order valence-corrected chi connectivity index (χ4v) is 3.86. The summed E-state index contributed by atoms with van der Waals surface area (Å²) in [5.41, 5.74) is 1.35. The number of hydrogen-bond acceptors (Lipinski definition) is 8. The number of rotatable bonds is 8. The Labute approximate surface area is 177 Å². The van der Waals surface area contributed by atoms with Gasteiger partial charge in [0.25, 0.3) is 5.91 Å². The van der Waals surface area contributed by atoms with Gasteiger partial charge in [-0.2, -0.15) is 0 Å². The van der Waals surface area contributed by atoms with Gasteiger partial charge in [0.2, 0.25) is 0 Å². The van der Waals surface area contributed by atoms with E-state index in [2.05, 4.69) is 25.6 Å². The maximum Gasteiger partial charge on any atom is 0.269 e. The van der Waals surface area contributed by atoms with Crippen molar-refractivity contribution in [3.8, 4) is 17.1 Å². The molecule has 30 heavy (non-hydrogen) atoms. The summed E-state index contributed by atoms with van der Waals surface area (Å²) in [5, 5.41) is 8.92. The predicted octanol–water partition coefficient (Wildman–Crippen LogP) is 3.90. The Morgan fingerprint density at radius 3 is 2.83 bits per heavy atom. The first-order chi connectivity index (χ1) is 14.7. The molecule has 2 N–H and O–H groups in total. The molecule has 0 saturated carbocycles. The molecule has 0 aliphatic rings. The number of carbonyl (C=O) groups is 1. The number of furan rings is 1. The minimum Gasteiger partial charge on any atom is -0.492 e. The summed E-state index contributed by atoms with van der Waals surface area (Å²) in [6, 6.07) is 7.29. The van der Waals surface area contributed by atoms with Crippen LogP contribution >= 0.6 is 11.3 Å². The van der Waals surface area contributed by atoms with E-state index in [1.807, 2.05) is 24.4 Å². The molecule has 0 aliphatic carbocycles. The van der Waals surface area contributed by atoms with Crippen LogP contribution in [0.3, 0.4) is 0 Å². The van der Waals surface area contributed by atoms with Crippen molar-refractivity contribution in [3.63, 3.8) is 0 Å². The molecule has 0 bridgehead atoms. The zero-order valence-corrected chi connectivity index (χ0v) is 17.5. The summed E-state index contributed by atoms with van der Waals surface area (Å²) in [6.07, 6.45) is 3.88. The third-order valence-corrected chi connectivity index (χ3v) is 5.34. The van der Waals surface area contributed by atoms with Crippen LogP contribution in [0.2, 0.25) is 0 Å². The van der Waals surface area contributed by atoms with Crippen molar-refractivity contribution in [2.75, 3.05) is 25.5 Å². The van der Waals surface area contributed by atoms with Crippen molar-refractivity contribution in [3.05, 3.63) is 53.6 Å². The molecule has 8 nitrogen and oxygen atoms in total. The minimum atomic E-state index is -0.223. The normalized spacial score (nSPS) is 10.9. The Balaban J connectivity index is 1.35. The highest BCUT2D eigenvalue weighted by molar-refractivity contribution is 7.17. The van der Waals surface area contributed by atoms with E-state index >= 15 is 0 Å². The first-order valence-electron chi connectivity index (χ1n) is 9.49. The number of hydrogen-bond donors (Lipinski definition) is 2. The molecule has 0 saturated heterocycles. The molecule has 4 rings (SSSR count). The molecule has 0 unspecified atom stereocenters. The van der Waals surface area contributed by atoms with Crippen LogP contribution in [0.15, 0.2) is 46.6 Å². The average molecular weight is 423 g/mol. The third kappa shape index (κ3) is 4.25. The highest BCUT2D eigenvalue weighted by Crippen LogP contribution is 2.37. The highest BCUT2D eigenvalue weighted by atomic mass is 32.1. The lowest BCUT2D eigenvalue weighted by molar-refractivity contribution is 0.0958. The molecule has 0 fully saturated rings. The van der Waals surface area contributed by atoms with Crippen LogP contribution in [0.25, 0.3) is 21.5 Å². The maximum atomic E-state index is 11.5. The Morgan fingerprint density at radius 1 is 1.20 bits per heavy atom. The zero-order valence-electron chi connectivity index (χ0n) is 16.6. The SMILES string of the molecule is CNC(=O)c1ccc(OCCCNc2ncnc3scc(-c4ccc(C)o4)c23)cn1. The second-order valence-electron chi connectivity index (χ2n) is 6.55. The van der Waals surface area contributed by atoms with Gasteiger partial charge in [0.1, 0.15) is 39.9 Å². The highest BCUT2D eigenvalue weighted by Gasteiger charge is 2.15. The van der Waals surface area contributed by atoms with E-state index in [0.717, 1.165) is 39.5 Å². The van der Waals surface area contributed by atoms with Crippen LogP contribution in [0, 0.1) is 6.92 Å². The largest absolute Gasteiger partial charge is 0.492 e. The summed E-state index contributed by atoms with van der Waals surface area (Å²) >= 11 is 1.57. The van der Waals surface area contributed by atoms with Crippen LogP contribution < -0.4 is 15.4 Å². The van der Waals surface area contributed by atoms with Crippen molar-refractivity contribution in [2.45, 2.75) is 13.3 Å². The molecule has 9 heteroatoms. The molecule has 4 aromatic rings. The Kier molecular flexibility index (Phi) is 5.89. The quantitative estimate of drug-likeness (QED) is 0.414. The van der Waals surface area contributed by atoms with Crippen molar-refractivity contribution < 1.29 is 13.9 Å². The number of nitrogens with zero attached hydrogens (tertiary/aromatic N) is 3. The molecule has 0 spiro atoms. The molecule has 0 aromatic carbocycles. The zero-order chi connectivity index (χ0) is 20.9. The second kappa shape index (κ2) is 8.91. The topological polar surface area (TPSA) is 102 Å². The first-order valence-corrected chi connectivity index (χ1v) is 10.4. The fourth-order valence-electron chi connectivity index (χ4n) is 2.97. The molecule has 154 valence electrons. The monoisotopic (exact) mass is 423 g/mol. The van der Waals surface area contributed by atoms with Gasteiger partial charge in [-0.25, -0.2) is 15.0 Å². The van der Waals surface area contributed by atoms with Crippen LogP contribution in [0.4, 0.5) is 5.82 Å². The summed E-state index contributed by atoms with van der Waals surface area (Å²) in [4.78, 5) is 25.3. The molecule has 0 aliphatic heterocycles. The summed E-state index contributed by atoms with van der Waals surface area (Å²) < 4.78 is 11.5. The van der Waals surface area contributed by atoms with Gasteiger partial charge in [-0.15, -0.1) is 11.3 Å². The van der Waals surface area contributed by atoms with Crippen LogP contribution in [-0.4, -0.2) is 41.1 Å². The van der Waals surface area contributed by atoms with E-state index in [0.29, 0.717) is 24.6 Å². The number of nitrogens with one attached hydrogen (secondary N) is 2. The maximum absolute atomic E-state index is 11.5. The number of fused-ring (bicyclic) bond motifs is 1. The van der Waals surface area contributed by atoms with Gasteiger partial charge in [0, 0.05) is 24.5 Å².